The summed E-state index contributed by atoms with van der Waals surface area (Å²) in [6.45, 7) is 5.33. The van der Waals surface area contributed by atoms with Crippen molar-refractivity contribution in [1.29, 1.82) is 0 Å². The zero-order chi connectivity index (χ0) is 18.0. The summed E-state index contributed by atoms with van der Waals surface area (Å²) in [7, 11) is 3.20. The van der Waals surface area contributed by atoms with Crippen LogP contribution in [-0.4, -0.2) is 38.7 Å². The first-order chi connectivity index (χ1) is 11.9. The molecule has 0 spiro atoms. The van der Waals surface area contributed by atoms with Gasteiger partial charge in [-0.2, -0.15) is 0 Å². The second-order valence-electron chi connectivity index (χ2n) is 6.85. The Morgan fingerprint density at radius 1 is 1.28 bits per heavy atom. The maximum absolute atomic E-state index is 12.3. The maximum Gasteiger partial charge on any atom is 0.330 e. The highest BCUT2D eigenvalue weighted by atomic mass is 16.2. The fourth-order valence-corrected chi connectivity index (χ4v) is 3.35. The molecule has 1 atom stereocenters. The number of nitrogens with zero attached hydrogens (tertiary/aromatic N) is 4. The highest BCUT2D eigenvalue weighted by Crippen LogP contribution is 2.18. The minimum absolute atomic E-state index is 0.200. The van der Waals surface area contributed by atoms with Crippen LogP contribution in [0.4, 0.5) is 5.82 Å². The molecule has 25 heavy (non-hydrogen) atoms. The molecular weight excluding hydrogens is 318 g/mol. The summed E-state index contributed by atoms with van der Waals surface area (Å²) in [6.07, 6.45) is 2.75. The van der Waals surface area contributed by atoms with E-state index in [0.717, 1.165) is 37.6 Å². The van der Waals surface area contributed by atoms with Crippen LogP contribution in [-0.2, 0) is 20.6 Å². The summed E-state index contributed by atoms with van der Waals surface area (Å²) in [5.41, 5.74) is 1.18. The monoisotopic (exact) mass is 343 g/mol. The van der Waals surface area contributed by atoms with Gasteiger partial charge in [-0.1, -0.05) is 6.07 Å². The highest BCUT2D eigenvalue weighted by molar-refractivity contribution is 5.35. The first-order valence-corrected chi connectivity index (χ1v) is 8.59. The zero-order valence-corrected chi connectivity index (χ0v) is 15.0. The van der Waals surface area contributed by atoms with Crippen LogP contribution in [0.5, 0.6) is 0 Å². The van der Waals surface area contributed by atoms with Crippen molar-refractivity contribution in [2.24, 2.45) is 20.0 Å². The highest BCUT2D eigenvalue weighted by Gasteiger charge is 2.23. The van der Waals surface area contributed by atoms with Gasteiger partial charge in [-0.05, 0) is 37.9 Å². The Hall–Kier alpha value is -2.41. The van der Waals surface area contributed by atoms with Crippen LogP contribution in [0.1, 0.15) is 17.7 Å². The fourth-order valence-electron chi connectivity index (χ4n) is 3.35. The quantitative estimate of drug-likeness (QED) is 0.866. The van der Waals surface area contributed by atoms with E-state index in [1.165, 1.54) is 16.2 Å². The Balaban J connectivity index is 1.58. The SMILES string of the molecule is Cc1cccc(NC[C@@H]2CCN(Cc3cn(C)c(=O)n(C)c3=O)C2)n1. The summed E-state index contributed by atoms with van der Waals surface area (Å²) < 4.78 is 2.64. The van der Waals surface area contributed by atoms with E-state index in [1.54, 1.807) is 13.2 Å². The van der Waals surface area contributed by atoms with Crippen LogP contribution in [0.2, 0.25) is 0 Å². The van der Waals surface area contributed by atoms with Gasteiger partial charge in [0.2, 0.25) is 0 Å². The average molecular weight is 343 g/mol. The Kier molecular flexibility index (Phi) is 5.03. The van der Waals surface area contributed by atoms with Crippen LogP contribution >= 0.6 is 0 Å². The van der Waals surface area contributed by atoms with E-state index in [2.05, 4.69) is 15.2 Å². The molecule has 1 aliphatic rings. The van der Waals surface area contributed by atoms with Gasteiger partial charge in [-0.15, -0.1) is 0 Å². The molecule has 0 saturated carbocycles. The molecule has 1 saturated heterocycles. The summed E-state index contributed by atoms with van der Waals surface area (Å²) >= 11 is 0. The molecular formula is C18H25N5O2. The van der Waals surface area contributed by atoms with Crippen LogP contribution in [0.3, 0.4) is 0 Å². The van der Waals surface area contributed by atoms with E-state index in [0.29, 0.717) is 18.0 Å². The topological polar surface area (TPSA) is 72.2 Å². The molecule has 1 N–H and O–H groups in total. The molecule has 0 amide bonds. The fraction of sp³-hybridized carbons (Fsp3) is 0.500. The van der Waals surface area contributed by atoms with E-state index in [9.17, 15) is 9.59 Å². The van der Waals surface area contributed by atoms with Crippen LogP contribution in [0, 0.1) is 12.8 Å². The molecule has 0 aromatic carbocycles. The van der Waals surface area contributed by atoms with Gasteiger partial charge in [0.1, 0.15) is 5.82 Å². The third kappa shape index (κ3) is 3.99. The van der Waals surface area contributed by atoms with Gasteiger partial charge in [-0.25, -0.2) is 9.78 Å². The van der Waals surface area contributed by atoms with Gasteiger partial charge in [0, 0.05) is 51.2 Å². The molecule has 0 aliphatic carbocycles. The third-order valence-corrected chi connectivity index (χ3v) is 4.74. The number of aromatic nitrogens is 3. The third-order valence-electron chi connectivity index (χ3n) is 4.74. The van der Waals surface area contributed by atoms with E-state index >= 15 is 0 Å². The molecule has 134 valence electrons. The van der Waals surface area contributed by atoms with Gasteiger partial charge in [-0.3, -0.25) is 14.3 Å². The molecule has 0 bridgehead atoms. The number of hydrogen-bond acceptors (Lipinski definition) is 5. The summed E-state index contributed by atoms with van der Waals surface area (Å²) in [5, 5.41) is 3.40. The largest absolute Gasteiger partial charge is 0.370 e. The maximum atomic E-state index is 12.3. The van der Waals surface area contributed by atoms with Crippen LogP contribution < -0.4 is 16.6 Å². The standard InChI is InChI=1S/C18H25N5O2/c1-13-5-4-6-16(20-13)19-9-14-7-8-23(10-14)12-15-11-21(2)18(25)22(3)17(15)24/h4-6,11,14H,7-10,12H2,1-3H3,(H,19,20)/t14-/m0/s1. The Morgan fingerprint density at radius 2 is 2.08 bits per heavy atom. The smallest absolute Gasteiger partial charge is 0.330 e. The number of aryl methyl sites for hydroxylation is 2. The van der Waals surface area contributed by atoms with Crippen LogP contribution in [0.25, 0.3) is 0 Å². The minimum atomic E-state index is -0.289. The number of nitrogens with one attached hydrogen (secondary N) is 1. The average Bonchev–Trinajstić information content (AvgIpc) is 3.03. The second kappa shape index (κ2) is 7.23. The van der Waals surface area contributed by atoms with Gasteiger partial charge >= 0.3 is 5.69 Å². The van der Waals surface area contributed by atoms with Crippen molar-refractivity contribution in [2.45, 2.75) is 19.9 Å². The van der Waals surface area contributed by atoms with E-state index in [1.807, 2.05) is 25.1 Å². The van der Waals surface area contributed by atoms with Gasteiger partial charge in [0.15, 0.2) is 0 Å². The molecule has 0 unspecified atom stereocenters. The Labute approximate surface area is 146 Å². The van der Waals surface area contributed by atoms with E-state index in [-0.39, 0.29) is 11.2 Å². The lowest BCUT2D eigenvalue weighted by molar-refractivity contribution is 0.315. The number of likely N-dealkylation sites (tertiary alicyclic amines) is 1. The Bertz CT molecular complexity index is 871. The minimum Gasteiger partial charge on any atom is -0.370 e. The van der Waals surface area contributed by atoms with Crippen molar-refractivity contribution in [2.75, 3.05) is 25.0 Å². The first-order valence-electron chi connectivity index (χ1n) is 8.59. The molecule has 0 radical (unpaired) electrons. The van der Waals surface area contributed by atoms with E-state index < -0.39 is 0 Å². The van der Waals surface area contributed by atoms with Gasteiger partial charge in [0.25, 0.3) is 5.56 Å². The summed E-state index contributed by atoms with van der Waals surface area (Å²) in [4.78, 5) is 30.8. The molecule has 3 rings (SSSR count). The van der Waals surface area contributed by atoms with Crippen molar-refractivity contribution in [3.8, 4) is 0 Å². The number of rotatable bonds is 5. The predicted octanol–water partition coefficient (Wildman–Crippen LogP) is 0.721. The van der Waals surface area contributed by atoms with Crippen molar-refractivity contribution in [1.82, 2.24) is 19.0 Å². The van der Waals surface area contributed by atoms with Crippen molar-refractivity contribution >= 4 is 5.82 Å². The van der Waals surface area contributed by atoms with Crippen molar-refractivity contribution in [3.05, 3.63) is 56.5 Å². The number of anilines is 1. The molecule has 1 fully saturated rings. The summed E-state index contributed by atoms with van der Waals surface area (Å²) in [5.74, 6) is 1.43. The molecule has 2 aromatic rings. The number of pyridine rings is 1. The van der Waals surface area contributed by atoms with Crippen LogP contribution in [0.15, 0.2) is 34.0 Å². The summed E-state index contributed by atoms with van der Waals surface area (Å²) in [6, 6.07) is 5.96. The number of hydrogen-bond donors (Lipinski definition) is 1. The lowest BCUT2D eigenvalue weighted by Crippen LogP contribution is -2.40. The molecule has 2 aromatic heterocycles. The van der Waals surface area contributed by atoms with Gasteiger partial charge in [0.05, 0.1) is 0 Å². The molecule has 1 aliphatic heterocycles. The molecule has 7 heteroatoms. The van der Waals surface area contributed by atoms with Gasteiger partial charge < -0.3 is 9.88 Å². The zero-order valence-electron chi connectivity index (χ0n) is 15.0. The van der Waals surface area contributed by atoms with Crippen molar-refractivity contribution in [3.63, 3.8) is 0 Å². The van der Waals surface area contributed by atoms with E-state index in [4.69, 9.17) is 0 Å². The van der Waals surface area contributed by atoms with Crippen molar-refractivity contribution < 1.29 is 0 Å². The first kappa shape index (κ1) is 17.4. The normalized spacial score (nSPS) is 17.8. The molecule has 7 nitrogen and oxygen atoms in total. The molecule has 3 heterocycles. The second-order valence-corrected chi connectivity index (χ2v) is 6.85. The lowest BCUT2D eigenvalue weighted by Gasteiger charge is -2.17. The predicted molar refractivity (Wildman–Crippen MR) is 97.8 cm³/mol. The lowest BCUT2D eigenvalue weighted by atomic mass is 10.1. The Morgan fingerprint density at radius 3 is 2.84 bits per heavy atom.